The summed E-state index contributed by atoms with van der Waals surface area (Å²) in [4.78, 5) is 50.8. The summed E-state index contributed by atoms with van der Waals surface area (Å²) in [5, 5.41) is 32.3. The van der Waals surface area contributed by atoms with E-state index in [0.29, 0.717) is 36.0 Å². The van der Waals surface area contributed by atoms with Crippen molar-refractivity contribution in [2.24, 2.45) is 11.8 Å². The standard InChI is InChI=1S/C37H43N7O6/c1-37(2,3)50-36(49)38-22-25-10-8-24(9-11-25)21-32(45)40-31(34(46)39-28-18-16-27(17-19-28)33-41-43-44-42-33)20-23-12-14-26(15-13-23)29-6-4-5-7-30(29)35(47)48/h4-7,12-19,24-25,31H,8-11,20-22H2,1-3H3,(H,38,49)(H,39,46)(H,40,45)(H,47,48)(H,41,42,43,44). The Labute approximate surface area is 290 Å². The third-order valence-electron chi connectivity index (χ3n) is 8.64. The fourth-order valence-electron chi connectivity index (χ4n) is 6.10. The summed E-state index contributed by atoms with van der Waals surface area (Å²) in [7, 11) is 0. The Morgan fingerprint density at radius 1 is 0.900 bits per heavy atom. The van der Waals surface area contributed by atoms with E-state index in [1.165, 1.54) is 0 Å². The molecule has 4 aromatic rings. The van der Waals surface area contributed by atoms with Crippen LogP contribution in [0.15, 0.2) is 72.8 Å². The number of carbonyl (C=O) groups excluding carboxylic acids is 3. The first-order chi connectivity index (χ1) is 23.9. The molecule has 1 heterocycles. The molecule has 13 nitrogen and oxygen atoms in total. The number of anilines is 1. The number of carboxylic acids is 1. The number of hydrogen-bond donors (Lipinski definition) is 5. The van der Waals surface area contributed by atoms with Gasteiger partial charge in [0.1, 0.15) is 11.6 Å². The van der Waals surface area contributed by atoms with Crippen molar-refractivity contribution in [2.45, 2.75) is 70.9 Å². The van der Waals surface area contributed by atoms with Gasteiger partial charge in [-0.1, -0.05) is 42.5 Å². The topological polar surface area (TPSA) is 188 Å². The van der Waals surface area contributed by atoms with Crippen molar-refractivity contribution in [1.82, 2.24) is 31.3 Å². The van der Waals surface area contributed by atoms with E-state index in [0.717, 1.165) is 42.4 Å². The predicted octanol–water partition coefficient (Wildman–Crippen LogP) is 5.62. The molecule has 262 valence electrons. The highest BCUT2D eigenvalue weighted by atomic mass is 16.6. The number of aromatic amines is 1. The molecule has 1 aliphatic carbocycles. The molecule has 1 aliphatic rings. The SMILES string of the molecule is CC(C)(C)OC(=O)NCC1CCC(CC(=O)NC(Cc2ccc(-c3ccccc3C(=O)O)cc2)C(=O)Nc2ccc(-c3nn[nH]n3)cc2)CC1. The van der Waals surface area contributed by atoms with Crippen molar-refractivity contribution >= 4 is 29.6 Å². The molecular weight excluding hydrogens is 638 g/mol. The van der Waals surface area contributed by atoms with Crippen LogP contribution in [0.2, 0.25) is 0 Å². The Morgan fingerprint density at radius 2 is 1.56 bits per heavy atom. The summed E-state index contributed by atoms with van der Waals surface area (Å²) >= 11 is 0. The van der Waals surface area contributed by atoms with Crippen molar-refractivity contribution in [2.75, 3.05) is 11.9 Å². The monoisotopic (exact) mass is 681 g/mol. The molecule has 1 atom stereocenters. The summed E-state index contributed by atoms with van der Waals surface area (Å²) in [6.07, 6.45) is 3.55. The number of aromatic carboxylic acids is 1. The van der Waals surface area contributed by atoms with Crippen LogP contribution >= 0.6 is 0 Å². The van der Waals surface area contributed by atoms with Gasteiger partial charge in [0.15, 0.2) is 0 Å². The second kappa shape index (κ2) is 16.2. The van der Waals surface area contributed by atoms with E-state index in [2.05, 4.69) is 36.6 Å². The number of H-pyrrole nitrogens is 1. The van der Waals surface area contributed by atoms with Crippen LogP contribution in [0.1, 0.15) is 68.8 Å². The third kappa shape index (κ3) is 10.2. The molecule has 3 amide bonds. The Bertz CT molecular complexity index is 1760. The fourth-order valence-corrected chi connectivity index (χ4v) is 6.10. The molecule has 13 heteroatoms. The summed E-state index contributed by atoms with van der Waals surface area (Å²) in [6.45, 7) is 6.01. The van der Waals surface area contributed by atoms with Gasteiger partial charge < -0.3 is 25.8 Å². The largest absolute Gasteiger partial charge is 0.478 e. The number of benzene rings is 3. The lowest BCUT2D eigenvalue weighted by Gasteiger charge is -2.29. The lowest BCUT2D eigenvalue weighted by Crippen LogP contribution is -2.45. The van der Waals surface area contributed by atoms with Crippen LogP contribution in [-0.4, -0.2) is 67.8 Å². The summed E-state index contributed by atoms with van der Waals surface area (Å²) < 4.78 is 5.33. The lowest BCUT2D eigenvalue weighted by atomic mass is 9.80. The molecule has 50 heavy (non-hydrogen) atoms. The average Bonchev–Trinajstić information content (AvgIpc) is 3.63. The Hall–Kier alpha value is -5.59. The van der Waals surface area contributed by atoms with E-state index >= 15 is 0 Å². The van der Waals surface area contributed by atoms with Gasteiger partial charge in [0.05, 0.1) is 5.56 Å². The van der Waals surface area contributed by atoms with Gasteiger partial charge in [0.25, 0.3) is 0 Å². The summed E-state index contributed by atoms with van der Waals surface area (Å²) in [6, 6.07) is 20.2. The van der Waals surface area contributed by atoms with Gasteiger partial charge in [-0.15, -0.1) is 10.2 Å². The number of rotatable bonds is 12. The molecular formula is C37H43N7O6. The van der Waals surface area contributed by atoms with Crippen LogP contribution < -0.4 is 16.0 Å². The average molecular weight is 682 g/mol. The minimum atomic E-state index is -1.01. The van der Waals surface area contributed by atoms with E-state index in [-0.39, 0.29) is 29.7 Å². The molecule has 1 saturated carbocycles. The van der Waals surface area contributed by atoms with Crippen molar-refractivity contribution < 1.29 is 29.0 Å². The van der Waals surface area contributed by atoms with Crippen molar-refractivity contribution in [3.8, 4) is 22.5 Å². The van der Waals surface area contributed by atoms with Crippen LogP contribution in [0, 0.1) is 11.8 Å². The number of aromatic nitrogens is 4. The molecule has 0 bridgehead atoms. The van der Waals surface area contributed by atoms with Crippen LogP contribution in [0.25, 0.3) is 22.5 Å². The molecule has 5 N–H and O–H groups in total. The highest BCUT2D eigenvalue weighted by molar-refractivity contribution is 5.98. The molecule has 0 aliphatic heterocycles. The number of carboxylic acid groups (broad SMARTS) is 1. The smallest absolute Gasteiger partial charge is 0.407 e. The molecule has 1 aromatic heterocycles. The molecule has 1 fully saturated rings. The van der Waals surface area contributed by atoms with E-state index in [1.807, 2.05) is 45.0 Å². The lowest BCUT2D eigenvalue weighted by molar-refractivity contribution is -0.127. The van der Waals surface area contributed by atoms with Crippen LogP contribution in [-0.2, 0) is 20.7 Å². The summed E-state index contributed by atoms with van der Waals surface area (Å²) in [5.41, 5.74) is 3.03. The Kier molecular flexibility index (Phi) is 11.6. The Balaban J connectivity index is 1.22. The zero-order valence-corrected chi connectivity index (χ0v) is 28.4. The van der Waals surface area contributed by atoms with Gasteiger partial charge >= 0.3 is 12.1 Å². The van der Waals surface area contributed by atoms with E-state index < -0.39 is 23.7 Å². The van der Waals surface area contributed by atoms with Crippen LogP contribution in [0.4, 0.5) is 10.5 Å². The maximum Gasteiger partial charge on any atom is 0.407 e. The number of nitrogens with one attached hydrogen (secondary N) is 4. The van der Waals surface area contributed by atoms with E-state index in [1.54, 1.807) is 48.5 Å². The number of nitrogens with zero attached hydrogens (tertiary/aromatic N) is 3. The minimum absolute atomic E-state index is 0.169. The third-order valence-corrected chi connectivity index (χ3v) is 8.64. The van der Waals surface area contributed by atoms with Crippen molar-refractivity contribution in [3.05, 3.63) is 83.9 Å². The highest BCUT2D eigenvalue weighted by Crippen LogP contribution is 2.31. The number of tetrazole rings is 1. The van der Waals surface area contributed by atoms with E-state index in [9.17, 15) is 24.3 Å². The molecule has 5 rings (SSSR count). The second-order valence-electron chi connectivity index (χ2n) is 13.6. The van der Waals surface area contributed by atoms with Crippen molar-refractivity contribution in [1.29, 1.82) is 0 Å². The van der Waals surface area contributed by atoms with Crippen LogP contribution in [0.5, 0.6) is 0 Å². The van der Waals surface area contributed by atoms with Crippen LogP contribution in [0.3, 0.4) is 0 Å². The molecule has 3 aromatic carbocycles. The van der Waals surface area contributed by atoms with Gasteiger partial charge in [0, 0.05) is 30.6 Å². The number of hydrogen-bond acceptors (Lipinski definition) is 8. The van der Waals surface area contributed by atoms with Crippen molar-refractivity contribution in [3.63, 3.8) is 0 Å². The molecule has 0 spiro atoms. The summed E-state index contributed by atoms with van der Waals surface area (Å²) in [5.74, 6) is -0.681. The first-order valence-electron chi connectivity index (χ1n) is 16.8. The first kappa shape index (κ1) is 35.7. The van der Waals surface area contributed by atoms with Gasteiger partial charge in [-0.05, 0) is 111 Å². The van der Waals surface area contributed by atoms with Gasteiger partial charge in [-0.3, -0.25) is 9.59 Å². The predicted molar refractivity (Wildman–Crippen MR) is 187 cm³/mol. The van der Waals surface area contributed by atoms with E-state index in [4.69, 9.17) is 4.74 Å². The molecule has 1 unspecified atom stereocenters. The zero-order chi connectivity index (χ0) is 35.7. The van der Waals surface area contributed by atoms with Gasteiger partial charge in [0.2, 0.25) is 17.6 Å². The van der Waals surface area contributed by atoms with Gasteiger partial charge in [-0.25, -0.2) is 9.59 Å². The highest BCUT2D eigenvalue weighted by Gasteiger charge is 2.27. The first-order valence-corrected chi connectivity index (χ1v) is 16.8. The Morgan fingerprint density at radius 3 is 2.20 bits per heavy atom. The number of alkyl carbamates (subject to hydrolysis) is 1. The second-order valence-corrected chi connectivity index (χ2v) is 13.6. The quantitative estimate of drug-likeness (QED) is 0.126. The fraction of sp³-hybridized carbons (Fsp3) is 0.378. The molecule has 0 saturated heterocycles. The maximum absolute atomic E-state index is 13.6. The molecule has 0 radical (unpaired) electrons. The maximum atomic E-state index is 13.6. The number of amides is 3. The normalized spacial score (nSPS) is 16.5. The number of carbonyl (C=O) groups is 4. The zero-order valence-electron chi connectivity index (χ0n) is 28.4. The van der Waals surface area contributed by atoms with Gasteiger partial charge in [-0.2, -0.15) is 5.21 Å². The minimum Gasteiger partial charge on any atom is -0.478 e. The number of ether oxygens (including phenoxy) is 1.